The number of thiophene rings is 1. The van der Waals surface area contributed by atoms with Crippen molar-refractivity contribution < 1.29 is 4.79 Å². The molecular formula is C22H23N5OS. The number of benzene rings is 1. The Morgan fingerprint density at radius 2 is 1.93 bits per heavy atom. The number of hydrazone groups is 1. The Labute approximate surface area is 174 Å². The van der Waals surface area contributed by atoms with Crippen molar-refractivity contribution in [3.8, 4) is 11.3 Å². The normalized spacial score (nSPS) is 14.3. The van der Waals surface area contributed by atoms with Gasteiger partial charge < -0.3 is 4.90 Å². The van der Waals surface area contributed by atoms with Gasteiger partial charge in [-0.05, 0) is 49.3 Å². The van der Waals surface area contributed by atoms with Crippen LogP contribution in [0.1, 0.15) is 40.2 Å². The van der Waals surface area contributed by atoms with Gasteiger partial charge in [-0.3, -0.25) is 4.79 Å². The SMILES string of the molecule is Cc1ccsc1/C=N/NC(=O)c1cc(-c2ccccc2)nc(N2CCCCC2)n1. The van der Waals surface area contributed by atoms with Gasteiger partial charge in [0.15, 0.2) is 0 Å². The zero-order valence-corrected chi connectivity index (χ0v) is 17.2. The molecule has 1 aromatic carbocycles. The van der Waals surface area contributed by atoms with Gasteiger partial charge in [0, 0.05) is 23.5 Å². The second-order valence-electron chi connectivity index (χ2n) is 7.02. The summed E-state index contributed by atoms with van der Waals surface area (Å²) in [5.74, 6) is 0.266. The lowest BCUT2D eigenvalue weighted by Crippen LogP contribution is -2.32. The van der Waals surface area contributed by atoms with Crippen molar-refractivity contribution in [3.05, 3.63) is 64.0 Å². The van der Waals surface area contributed by atoms with Crippen LogP contribution in [0.3, 0.4) is 0 Å². The first-order chi connectivity index (χ1) is 14.2. The lowest BCUT2D eigenvalue weighted by atomic mass is 10.1. The van der Waals surface area contributed by atoms with Gasteiger partial charge in [0.25, 0.3) is 5.91 Å². The summed E-state index contributed by atoms with van der Waals surface area (Å²) in [4.78, 5) is 25.2. The fraction of sp³-hybridized carbons (Fsp3) is 0.273. The van der Waals surface area contributed by atoms with Gasteiger partial charge in [-0.25, -0.2) is 15.4 Å². The first-order valence-corrected chi connectivity index (χ1v) is 10.7. The minimum absolute atomic E-state index is 0.319. The maximum absolute atomic E-state index is 12.7. The first kappa shape index (κ1) is 19.3. The number of aryl methyl sites for hydroxylation is 1. The molecule has 1 fully saturated rings. The smallest absolute Gasteiger partial charge is 0.290 e. The maximum atomic E-state index is 12.7. The molecule has 3 heterocycles. The standard InChI is InChI=1S/C22H23N5OS/c1-16-10-13-29-20(16)15-23-26-21(28)19-14-18(17-8-4-2-5-9-17)24-22(25-19)27-11-6-3-7-12-27/h2,4-5,8-10,13-15H,3,6-7,11-12H2,1H3,(H,26,28)/b23-15+. The van der Waals surface area contributed by atoms with E-state index in [2.05, 4.69) is 20.4 Å². The molecule has 0 unspecified atom stereocenters. The highest BCUT2D eigenvalue weighted by Crippen LogP contribution is 2.23. The lowest BCUT2D eigenvalue weighted by Gasteiger charge is -2.27. The number of carbonyl (C=O) groups is 1. The molecule has 4 rings (SSSR count). The second-order valence-corrected chi connectivity index (χ2v) is 7.97. The number of rotatable bonds is 5. The molecule has 0 radical (unpaired) electrons. The Bertz CT molecular complexity index is 1010. The van der Waals surface area contributed by atoms with E-state index in [1.807, 2.05) is 48.7 Å². The first-order valence-electron chi connectivity index (χ1n) is 9.77. The largest absolute Gasteiger partial charge is 0.341 e. The number of hydrogen-bond acceptors (Lipinski definition) is 6. The predicted molar refractivity (Wildman–Crippen MR) is 118 cm³/mol. The van der Waals surface area contributed by atoms with Crippen molar-refractivity contribution in [2.75, 3.05) is 18.0 Å². The fourth-order valence-electron chi connectivity index (χ4n) is 3.27. The van der Waals surface area contributed by atoms with E-state index in [1.165, 1.54) is 6.42 Å². The summed E-state index contributed by atoms with van der Waals surface area (Å²) in [5, 5.41) is 6.11. The van der Waals surface area contributed by atoms with E-state index >= 15 is 0 Å². The molecule has 6 nitrogen and oxygen atoms in total. The number of piperidine rings is 1. The van der Waals surface area contributed by atoms with Crippen LogP contribution in [0.4, 0.5) is 5.95 Å². The average Bonchev–Trinajstić information content (AvgIpc) is 3.19. The summed E-state index contributed by atoms with van der Waals surface area (Å²) in [7, 11) is 0. The molecule has 0 atom stereocenters. The van der Waals surface area contributed by atoms with Crippen molar-refractivity contribution in [2.24, 2.45) is 5.10 Å². The topological polar surface area (TPSA) is 70.5 Å². The molecule has 3 aromatic rings. The summed E-state index contributed by atoms with van der Waals surface area (Å²) < 4.78 is 0. The Kier molecular flexibility index (Phi) is 5.95. The highest BCUT2D eigenvalue weighted by molar-refractivity contribution is 7.11. The van der Waals surface area contributed by atoms with Crippen molar-refractivity contribution in [2.45, 2.75) is 26.2 Å². The third-order valence-electron chi connectivity index (χ3n) is 4.91. The van der Waals surface area contributed by atoms with Gasteiger partial charge in [0.2, 0.25) is 5.95 Å². The highest BCUT2D eigenvalue weighted by Gasteiger charge is 2.18. The predicted octanol–water partition coefficient (Wildman–Crippen LogP) is 4.27. The number of aromatic nitrogens is 2. The number of carbonyl (C=O) groups excluding carboxylic acids is 1. The van der Waals surface area contributed by atoms with Crippen molar-refractivity contribution >= 4 is 29.4 Å². The quantitative estimate of drug-likeness (QED) is 0.508. The summed E-state index contributed by atoms with van der Waals surface area (Å²) in [6.45, 7) is 3.84. The number of amides is 1. The Morgan fingerprint density at radius 3 is 2.66 bits per heavy atom. The lowest BCUT2D eigenvalue weighted by molar-refractivity contribution is 0.0950. The van der Waals surface area contributed by atoms with E-state index < -0.39 is 0 Å². The van der Waals surface area contributed by atoms with Crippen molar-refractivity contribution in [1.82, 2.24) is 15.4 Å². The molecule has 2 aromatic heterocycles. The molecule has 29 heavy (non-hydrogen) atoms. The van der Waals surface area contributed by atoms with E-state index in [-0.39, 0.29) is 5.91 Å². The summed E-state index contributed by atoms with van der Waals surface area (Å²) in [5.41, 5.74) is 5.75. The molecule has 1 aliphatic rings. The zero-order chi connectivity index (χ0) is 20.1. The number of nitrogens with one attached hydrogen (secondary N) is 1. The van der Waals surface area contributed by atoms with Gasteiger partial charge >= 0.3 is 0 Å². The maximum Gasteiger partial charge on any atom is 0.290 e. The Balaban J connectivity index is 1.61. The highest BCUT2D eigenvalue weighted by atomic mass is 32.1. The van der Waals surface area contributed by atoms with E-state index in [0.29, 0.717) is 11.6 Å². The van der Waals surface area contributed by atoms with Gasteiger partial charge in [-0.1, -0.05) is 30.3 Å². The van der Waals surface area contributed by atoms with Crippen LogP contribution in [-0.2, 0) is 0 Å². The average molecular weight is 406 g/mol. The fourth-order valence-corrected chi connectivity index (χ4v) is 4.05. The zero-order valence-electron chi connectivity index (χ0n) is 16.3. The van der Waals surface area contributed by atoms with Crippen LogP contribution in [0, 0.1) is 6.92 Å². The van der Waals surface area contributed by atoms with Crippen molar-refractivity contribution in [1.29, 1.82) is 0 Å². The van der Waals surface area contributed by atoms with Gasteiger partial charge in [-0.15, -0.1) is 11.3 Å². The molecule has 148 valence electrons. The minimum atomic E-state index is -0.340. The monoisotopic (exact) mass is 405 g/mol. The van der Waals surface area contributed by atoms with E-state index in [9.17, 15) is 4.79 Å². The molecule has 1 aliphatic heterocycles. The number of anilines is 1. The van der Waals surface area contributed by atoms with Crippen LogP contribution in [0.15, 0.2) is 52.9 Å². The third kappa shape index (κ3) is 4.68. The van der Waals surface area contributed by atoms with Gasteiger partial charge in [0.05, 0.1) is 11.9 Å². The third-order valence-corrected chi connectivity index (χ3v) is 5.86. The van der Waals surface area contributed by atoms with Crippen LogP contribution in [0.2, 0.25) is 0 Å². The number of nitrogens with zero attached hydrogens (tertiary/aromatic N) is 4. The molecular weight excluding hydrogens is 382 g/mol. The van der Waals surface area contributed by atoms with E-state index in [0.717, 1.165) is 47.6 Å². The molecule has 0 spiro atoms. The summed E-state index contributed by atoms with van der Waals surface area (Å²) >= 11 is 1.59. The molecule has 1 N–H and O–H groups in total. The summed E-state index contributed by atoms with van der Waals surface area (Å²) in [6.07, 6.45) is 5.12. The van der Waals surface area contributed by atoms with Gasteiger partial charge in [-0.2, -0.15) is 5.10 Å². The summed E-state index contributed by atoms with van der Waals surface area (Å²) in [6, 6.07) is 13.6. The van der Waals surface area contributed by atoms with Crippen LogP contribution >= 0.6 is 11.3 Å². The van der Waals surface area contributed by atoms with Crippen LogP contribution in [0.5, 0.6) is 0 Å². The second kappa shape index (κ2) is 8.96. The van der Waals surface area contributed by atoms with E-state index in [4.69, 9.17) is 4.98 Å². The van der Waals surface area contributed by atoms with Crippen molar-refractivity contribution in [3.63, 3.8) is 0 Å². The molecule has 7 heteroatoms. The molecule has 0 saturated carbocycles. The van der Waals surface area contributed by atoms with E-state index in [1.54, 1.807) is 23.6 Å². The van der Waals surface area contributed by atoms with Crippen LogP contribution < -0.4 is 10.3 Å². The molecule has 1 amide bonds. The molecule has 1 saturated heterocycles. The molecule has 0 bridgehead atoms. The Morgan fingerprint density at radius 1 is 1.14 bits per heavy atom. The molecule has 0 aliphatic carbocycles. The number of hydrogen-bond donors (Lipinski definition) is 1. The van der Waals surface area contributed by atoms with Gasteiger partial charge in [0.1, 0.15) is 5.69 Å². The Hall–Kier alpha value is -3.06. The van der Waals surface area contributed by atoms with Crippen LogP contribution in [-0.4, -0.2) is 35.2 Å². The minimum Gasteiger partial charge on any atom is -0.341 e. The van der Waals surface area contributed by atoms with Crippen LogP contribution in [0.25, 0.3) is 11.3 Å².